The summed E-state index contributed by atoms with van der Waals surface area (Å²) in [6.07, 6.45) is 4.70. The van der Waals surface area contributed by atoms with Crippen LogP contribution in [0, 0.1) is 23.6 Å². The van der Waals surface area contributed by atoms with Crippen LogP contribution in [-0.4, -0.2) is 70.1 Å². The van der Waals surface area contributed by atoms with Crippen LogP contribution in [0.1, 0.15) is 76.8 Å². The quantitative estimate of drug-likeness (QED) is 0.343. The van der Waals surface area contributed by atoms with Gasteiger partial charge in [-0.25, -0.2) is 19.2 Å². The standard InChI is InChI=1S/C34H41FN4O6S/c1-18(2)25-17-46-31(37-25)24-15-27(21-10-11-26(44-4)28(35)29(21)36-24)45-20-13-22-23(14-20)32(41)39(3)12-8-6-5-7-9-19-16-34(19,33(42)43)38-30(22)40/h10-11,15,17-20,22-23H,5-9,12-14,16H2,1-4H3,(H,38,40)(H,42,43)/t19-,20-,22-,23-,34-/m1/s1. The normalized spacial score (nSPS) is 27.1. The second-order valence-corrected chi connectivity index (χ2v) is 14.1. The van der Waals surface area contributed by atoms with Crippen LogP contribution in [0.15, 0.2) is 23.6 Å². The SMILES string of the molecule is COc1ccc2c(O[C@@H]3C[C@H]4C(=O)N[C@]5(C(=O)O)C[C@H]5CCCCCCN(C)C(=O)[C@@H]4C3)cc(-c3nc(C(C)C)cs3)nc2c1F. The maximum absolute atomic E-state index is 15.6. The Morgan fingerprint density at radius 1 is 1.13 bits per heavy atom. The third kappa shape index (κ3) is 6.03. The lowest BCUT2D eigenvalue weighted by molar-refractivity contribution is -0.145. The van der Waals surface area contributed by atoms with E-state index in [0.29, 0.717) is 34.8 Å². The Hall–Kier alpha value is -3.80. The second kappa shape index (κ2) is 12.8. The fraction of sp³-hybridized carbons (Fsp3) is 0.559. The molecule has 0 bridgehead atoms. The summed E-state index contributed by atoms with van der Waals surface area (Å²) < 4.78 is 27.4. The molecule has 2 amide bonds. The second-order valence-electron chi connectivity index (χ2n) is 13.3. The number of thiazole rings is 1. The molecule has 0 spiro atoms. The van der Waals surface area contributed by atoms with E-state index in [-0.39, 0.29) is 41.9 Å². The lowest BCUT2D eigenvalue weighted by atomic mass is 9.92. The Balaban J connectivity index is 1.34. The molecule has 1 aliphatic heterocycles. The molecule has 2 aromatic heterocycles. The zero-order valence-corrected chi connectivity index (χ0v) is 27.5. The highest BCUT2D eigenvalue weighted by Gasteiger charge is 2.62. The minimum atomic E-state index is -1.28. The summed E-state index contributed by atoms with van der Waals surface area (Å²) in [5, 5.41) is 16.0. The van der Waals surface area contributed by atoms with Gasteiger partial charge >= 0.3 is 5.97 Å². The number of hydrogen-bond acceptors (Lipinski definition) is 8. The average Bonchev–Trinajstić information content (AvgIpc) is 3.33. The number of nitrogens with zero attached hydrogens (tertiary/aromatic N) is 3. The number of methoxy groups -OCH3 is 1. The number of carboxylic acids is 1. The van der Waals surface area contributed by atoms with Gasteiger partial charge in [0, 0.05) is 30.4 Å². The van der Waals surface area contributed by atoms with Gasteiger partial charge in [0.1, 0.15) is 33.6 Å². The Bertz CT molecular complexity index is 1660. The van der Waals surface area contributed by atoms with E-state index in [1.54, 1.807) is 24.1 Å². The monoisotopic (exact) mass is 652 g/mol. The van der Waals surface area contributed by atoms with E-state index in [2.05, 4.69) is 10.3 Å². The topological polar surface area (TPSA) is 131 Å². The molecule has 1 aromatic carbocycles. The lowest BCUT2D eigenvalue weighted by Crippen LogP contribution is -2.49. The van der Waals surface area contributed by atoms with Gasteiger partial charge in [-0.3, -0.25) is 9.59 Å². The number of rotatable bonds is 6. The van der Waals surface area contributed by atoms with E-state index in [9.17, 15) is 19.5 Å². The molecular formula is C34H41FN4O6S. The number of aliphatic carboxylic acids is 1. The average molecular weight is 653 g/mol. The predicted octanol–water partition coefficient (Wildman–Crippen LogP) is 5.79. The number of carboxylic acid groups (broad SMARTS) is 1. The van der Waals surface area contributed by atoms with Crippen LogP contribution in [0.2, 0.25) is 0 Å². The van der Waals surface area contributed by atoms with Crippen molar-refractivity contribution >= 4 is 40.0 Å². The van der Waals surface area contributed by atoms with Gasteiger partial charge in [0.2, 0.25) is 11.8 Å². The summed E-state index contributed by atoms with van der Waals surface area (Å²) in [5.41, 5.74) is 0.133. The number of amides is 2. The lowest BCUT2D eigenvalue weighted by Gasteiger charge is -2.26. The first-order valence-electron chi connectivity index (χ1n) is 16.1. The van der Waals surface area contributed by atoms with Crippen molar-refractivity contribution in [3.05, 3.63) is 35.1 Å². The van der Waals surface area contributed by atoms with E-state index < -0.39 is 41.2 Å². The van der Waals surface area contributed by atoms with Crippen molar-refractivity contribution in [3.63, 3.8) is 0 Å². The largest absolute Gasteiger partial charge is 0.494 e. The molecule has 0 unspecified atom stereocenters. The zero-order valence-electron chi connectivity index (χ0n) is 26.7. The third-order valence-electron chi connectivity index (χ3n) is 9.87. The first-order chi connectivity index (χ1) is 22.0. The molecule has 5 atom stereocenters. The highest BCUT2D eigenvalue weighted by atomic mass is 32.1. The highest BCUT2D eigenvalue weighted by Crippen LogP contribution is 2.48. The molecule has 3 aromatic rings. The van der Waals surface area contributed by atoms with E-state index in [4.69, 9.17) is 14.5 Å². The molecule has 2 aliphatic carbocycles. The summed E-state index contributed by atoms with van der Waals surface area (Å²) >= 11 is 1.41. The molecule has 2 N–H and O–H groups in total. The molecule has 46 heavy (non-hydrogen) atoms. The summed E-state index contributed by atoms with van der Waals surface area (Å²) in [6.45, 7) is 4.68. The minimum Gasteiger partial charge on any atom is -0.494 e. The van der Waals surface area contributed by atoms with Crippen LogP contribution in [0.3, 0.4) is 0 Å². The van der Waals surface area contributed by atoms with Crippen LogP contribution in [0.4, 0.5) is 4.39 Å². The number of fused-ring (bicyclic) bond motifs is 3. The Morgan fingerprint density at radius 2 is 1.89 bits per heavy atom. The van der Waals surface area contributed by atoms with Crippen molar-refractivity contribution in [2.24, 2.45) is 17.8 Å². The van der Waals surface area contributed by atoms with Crippen LogP contribution < -0.4 is 14.8 Å². The smallest absolute Gasteiger partial charge is 0.329 e. The number of aromatic nitrogens is 2. The number of carbonyl (C=O) groups excluding carboxylic acids is 2. The molecule has 0 radical (unpaired) electrons. The van der Waals surface area contributed by atoms with Gasteiger partial charge in [-0.15, -0.1) is 11.3 Å². The number of halogens is 1. The fourth-order valence-electron chi connectivity index (χ4n) is 7.02. The molecule has 6 rings (SSSR count). The van der Waals surface area contributed by atoms with Gasteiger partial charge in [0.15, 0.2) is 11.6 Å². The van der Waals surface area contributed by atoms with E-state index in [1.807, 2.05) is 19.2 Å². The van der Waals surface area contributed by atoms with Gasteiger partial charge < -0.3 is 24.8 Å². The fourth-order valence-corrected chi connectivity index (χ4v) is 7.96. The maximum atomic E-state index is 15.6. The number of benzene rings is 1. The number of hydrogen-bond donors (Lipinski definition) is 2. The van der Waals surface area contributed by atoms with Crippen molar-refractivity contribution in [3.8, 4) is 22.2 Å². The van der Waals surface area contributed by atoms with E-state index in [0.717, 1.165) is 37.8 Å². The van der Waals surface area contributed by atoms with Crippen LogP contribution in [-0.2, 0) is 14.4 Å². The molecule has 10 nitrogen and oxygen atoms in total. The Morgan fingerprint density at radius 3 is 2.61 bits per heavy atom. The van der Waals surface area contributed by atoms with Crippen LogP contribution >= 0.6 is 11.3 Å². The van der Waals surface area contributed by atoms with Crippen molar-refractivity contribution < 1.29 is 33.4 Å². The predicted molar refractivity (Wildman–Crippen MR) is 171 cm³/mol. The summed E-state index contributed by atoms with van der Waals surface area (Å²) in [7, 11) is 3.15. The molecule has 3 heterocycles. The number of nitrogens with one attached hydrogen (secondary N) is 1. The van der Waals surface area contributed by atoms with Crippen molar-refractivity contribution in [2.45, 2.75) is 82.8 Å². The number of pyridine rings is 1. The van der Waals surface area contributed by atoms with Crippen LogP contribution in [0.25, 0.3) is 21.6 Å². The number of carbonyl (C=O) groups is 3. The van der Waals surface area contributed by atoms with Crippen molar-refractivity contribution in [1.82, 2.24) is 20.2 Å². The molecular weight excluding hydrogens is 611 g/mol. The van der Waals surface area contributed by atoms with Crippen molar-refractivity contribution in [2.75, 3.05) is 20.7 Å². The molecule has 2 saturated carbocycles. The molecule has 1 saturated heterocycles. The molecule has 3 fully saturated rings. The molecule has 12 heteroatoms. The maximum Gasteiger partial charge on any atom is 0.329 e. The Kier molecular flexibility index (Phi) is 8.93. The van der Waals surface area contributed by atoms with Gasteiger partial charge in [-0.05, 0) is 56.1 Å². The number of ether oxygens (including phenoxy) is 2. The van der Waals surface area contributed by atoms with Crippen LogP contribution in [0.5, 0.6) is 11.5 Å². The van der Waals surface area contributed by atoms with E-state index >= 15 is 4.39 Å². The zero-order chi connectivity index (χ0) is 32.7. The summed E-state index contributed by atoms with van der Waals surface area (Å²) in [4.78, 5) is 50.9. The van der Waals surface area contributed by atoms with Gasteiger partial charge in [0.05, 0.1) is 24.6 Å². The van der Waals surface area contributed by atoms with Gasteiger partial charge in [-0.1, -0.05) is 33.1 Å². The minimum absolute atomic E-state index is 0.0473. The summed E-state index contributed by atoms with van der Waals surface area (Å²) in [6, 6.07) is 4.94. The molecule has 3 aliphatic rings. The first-order valence-corrected chi connectivity index (χ1v) is 17.0. The first kappa shape index (κ1) is 32.2. The van der Waals surface area contributed by atoms with Gasteiger partial charge in [0.25, 0.3) is 0 Å². The third-order valence-corrected chi connectivity index (χ3v) is 10.8. The Labute approximate surface area is 271 Å². The summed E-state index contributed by atoms with van der Waals surface area (Å²) in [5.74, 6) is -3.18. The van der Waals surface area contributed by atoms with Crippen molar-refractivity contribution in [1.29, 1.82) is 0 Å². The molecule has 246 valence electrons. The van der Waals surface area contributed by atoms with E-state index in [1.165, 1.54) is 24.5 Å². The van der Waals surface area contributed by atoms with Gasteiger partial charge in [-0.2, -0.15) is 0 Å². The highest BCUT2D eigenvalue weighted by molar-refractivity contribution is 7.13.